The van der Waals surface area contributed by atoms with E-state index in [0.29, 0.717) is 0 Å². The van der Waals surface area contributed by atoms with Crippen molar-refractivity contribution in [2.75, 3.05) is 9.80 Å². The fraction of sp³-hybridized carbons (Fsp3) is 0.325. The van der Waals surface area contributed by atoms with Crippen LogP contribution in [0.2, 0.25) is 0 Å². The molecule has 0 saturated carbocycles. The van der Waals surface area contributed by atoms with E-state index in [9.17, 15) is 0 Å². The summed E-state index contributed by atoms with van der Waals surface area (Å²) in [4.78, 5) is 5.46. The molecule has 440 valence electrons. The van der Waals surface area contributed by atoms with Crippen molar-refractivity contribution in [3.63, 3.8) is 0 Å². The summed E-state index contributed by atoms with van der Waals surface area (Å²) in [6.07, 6.45) is 6.83. The first-order valence-electron chi connectivity index (χ1n) is 33.0. The molecule has 7 aliphatic rings. The highest BCUT2D eigenvalue weighted by Crippen LogP contribution is 2.57. The number of fused-ring (bicyclic) bond motifs is 11. The van der Waals surface area contributed by atoms with Crippen LogP contribution in [-0.2, 0) is 37.9 Å². The molecule has 0 N–H and O–H groups in total. The smallest absolute Gasteiger partial charge is 0.297 e. The van der Waals surface area contributed by atoms with Crippen LogP contribution in [0.3, 0.4) is 0 Å². The first-order chi connectivity index (χ1) is 41.8. The third-order valence-electron chi connectivity index (χ3n) is 23.6. The Bertz CT molecular complexity index is 4430. The second-order valence-electron chi connectivity index (χ2n) is 32.0. The zero-order valence-electron chi connectivity index (χ0n) is 54.5. The van der Waals surface area contributed by atoms with E-state index in [0.717, 1.165) is 55.5 Å². The van der Waals surface area contributed by atoms with Crippen LogP contribution in [0.4, 0.5) is 34.1 Å². The van der Waals surface area contributed by atoms with Gasteiger partial charge in [0, 0.05) is 39.1 Å². The van der Waals surface area contributed by atoms with Crippen LogP contribution in [0.15, 0.2) is 192 Å². The molecule has 0 amide bonds. The zero-order valence-corrected chi connectivity index (χ0v) is 55.5. The van der Waals surface area contributed by atoms with E-state index in [1.165, 1.54) is 121 Å². The minimum atomic E-state index is -2.87. The molecule has 0 spiro atoms. The van der Waals surface area contributed by atoms with E-state index in [-0.39, 0.29) is 44.6 Å². The molecule has 9 aromatic carbocycles. The van der Waals surface area contributed by atoms with Crippen molar-refractivity contribution in [1.82, 2.24) is 0 Å². The number of furan rings is 1. The van der Waals surface area contributed by atoms with E-state index in [2.05, 4.69) is 295 Å². The Labute approximate surface area is 525 Å². The number of hydrogen-bond donors (Lipinski definition) is 0. The molecule has 4 aliphatic heterocycles. The molecule has 4 bridgehead atoms. The Kier molecular flexibility index (Phi) is 11.7. The minimum absolute atomic E-state index is 0.000187. The Morgan fingerprint density at radius 1 is 0.375 bits per heavy atom. The van der Waals surface area contributed by atoms with Gasteiger partial charge in [-0.15, -0.1) is 0 Å². The molecule has 3 aliphatic carbocycles. The van der Waals surface area contributed by atoms with Gasteiger partial charge in [-0.1, -0.05) is 230 Å². The number of hydrogen-bond acceptors (Lipinski definition) is 3. The second-order valence-corrected chi connectivity index (χ2v) is 35.8. The third-order valence-corrected chi connectivity index (χ3v) is 28.4. The SMILES string of the molecule is CC1(C)CCC(C)(C)c2cc3c(cc21)B1c2oc4cc5c(cc4c2N(c2ccc([Si](c4ccccc4)(c4ccccc4)c4ccccc4)cc2)c2cc4cc(c21)N3c1cc2c(cc1-c1ccc(cc1)C4(C)C)C(C)(C)CCC2(C)C)C(C)(C)CCC5(C)C. The predicted molar refractivity (Wildman–Crippen MR) is 377 cm³/mol. The highest BCUT2D eigenvalue weighted by atomic mass is 28.3. The molecular formula is C83H85BN2OSi. The van der Waals surface area contributed by atoms with Crippen molar-refractivity contribution in [2.45, 2.75) is 173 Å². The molecule has 10 aromatic rings. The topological polar surface area (TPSA) is 19.6 Å². The summed E-state index contributed by atoms with van der Waals surface area (Å²) in [5.74, 6) is 0. The fourth-order valence-electron chi connectivity index (χ4n) is 17.7. The normalized spacial score (nSPS) is 19.5. The number of benzene rings is 9. The Hall–Kier alpha value is -7.60. The maximum atomic E-state index is 7.97. The van der Waals surface area contributed by atoms with Gasteiger partial charge >= 0.3 is 0 Å². The van der Waals surface area contributed by atoms with Crippen molar-refractivity contribution in [2.24, 2.45) is 0 Å². The summed E-state index contributed by atoms with van der Waals surface area (Å²) >= 11 is 0. The van der Waals surface area contributed by atoms with Crippen molar-refractivity contribution >= 4 is 97.2 Å². The molecule has 0 radical (unpaired) electrons. The lowest BCUT2D eigenvalue weighted by molar-refractivity contribution is 0.332. The third kappa shape index (κ3) is 7.80. The van der Waals surface area contributed by atoms with Gasteiger partial charge in [0.25, 0.3) is 6.71 Å². The van der Waals surface area contributed by atoms with E-state index < -0.39 is 8.07 Å². The highest BCUT2D eigenvalue weighted by molar-refractivity contribution is 7.19. The average Bonchev–Trinajstić information content (AvgIpc) is 1.23. The van der Waals surface area contributed by atoms with Crippen LogP contribution in [0.1, 0.15) is 180 Å². The largest absolute Gasteiger partial charge is 0.468 e. The Morgan fingerprint density at radius 2 is 0.795 bits per heavy atom. The van der Waals surface area contributed by atoms with Crippen molar-refractivity contribution in [3.8, 4) is 11.1 Å². The lowest BCUT2D eigenvalue weighted by Gasteiger charge is -2.48. The van der Waals surface area contributed by atoms with Crippen molar-refractivity contribution in [3.05, 3.63) is 233 Å². The van der Waals surface area contributed by atoms with Crippen LogP contribution < -0.4 is 47.1 Å². The molecule has 5 heterocycles. The summed E-state index contributed by atoms with van der Waals surface area (Å²) in [6.45, 7) is 34.6. The van der Waals surface area contributed by atoms with E-state index in [4.69, 9.17) is 4.42 Å². The number of rotatable bonds is 5. The Balaban J connectivity index is 1.05. The van der Waals surface area contributed by atoms with Gasteiger partial charge in [-0.3, -0.25) is 0 Å². The van der Waals surface area contributed by atoms with Crippen LogP contribution in [-0.4, -0.2) is 14.8 Å². The van der Waals surface area contributed by atoms with Crippen molar-refractivity contribution in [1.29, 1.82) is 0 Å². The summed E-state index contributed by atoms with van der Waals surface area (Å²) in [7, 11) is -2.87. The van der Waals surface area contributed by atoms with Gasteiger partial charge in [0.1, 0.15) is 5.58 Å². The highest BCUT2D eigenvalue weighted by Gasteiger charge is 2.52. The average molecular weight is 1170 g/mol. The van der Waals surface area contributed by atoms with Crippen LogP contribution in [0.5, 0.6) is 0 Å². The maximum Gasteiger partial charge on any atom is 0.297 e. The van der Waals surface area contributed by atoms with Gasteiger partial charge in [-0.2, -0.15) is 0 Å². The van der Waals surface area contributed by atoms with Crippen LogP contribution >= 0.6 is 0 Å². The standard InChI is InChI=1S/C83H85BN2OSi/c1-77(2)38-41-80(7,8)65-49-69-60(46-62(65)77)52-30-32-53(33-31-52)83(13,14)54-44-71-74-72(45-54)86(69)70-50-66-64(79(5,6)40-42-81(66,9)10)48-68(70)84(74)76-75(61-47-63-67(51-73(61)87-76)82(11,12)43-39-78(63,3)4)85(71)55-34-36-59(37-35-55)88(56-24-18-15-19-25-56,57-26-20-16-21-27-57)58-28-22-17-23-29-58/h15-37,44-51H,38-43H2,1-14H3. The quantitative estimate of drug-likeness (QED) is 0.126. The summed E-state index contributed by atoms with van der Waals surface area (Å²) in [6, 6.07) is 74.8. The minimum Gasteiger partial charge on any atom is -0.468 e. The predicted octanol–water partition coefficient (Wildman–Crippen LogP) is 17.2. The monoisotopic (exact) mass is 1160 g/mol. The van der Waals surface area contributed by atoms with Gasteiger partial charge in [0.05, 0.1) is 17.0 Å². The second kappa shape index (κ2) is 18.5. The molecular weight excluding hydrogens is 1080 g/mol. The van der Waals surface area contributed by atoms with Crippen LogP contribution in [0.25, 0.3) is 22.1 Å². The molecule has 1 aromatic heterocycles. The summed E-state index contributed by atoms with van der Waals surface area (Å²) in [5.41, 5.74) is 25.5. The molecule has 0 unspecified atom stereocenters. The molecule has 5 heteroatoms. The lowest BCUT2D eigenvalue weighted by atomic mass is 9.35. The summed E-state index contributed by atoms with van der Waals surface area (Å²) in [5, 5.41) is 6.66. The zero-order chi connectivity index (χ0) is 61.0. The van der Waals surface area contributed by atoms with E-state index in [1.807, 2.05) is 0 Å². The lowest BCUT2D eigenvalue weighted by Crippen LogP contribution is -2.74. The Morgan fingerprint density at radius 3 is 1.30 bits per heavy atom. The van der Waals surface area contributed by atoms with Crippen LogP contribution in [0, 0.1) is 0 Å². The summed E-state index contributed by atoms with van der Waals surface area (Å²) < 4.78 is 7.97. The number of nitrogens with zero attached hydrogens (tertiary/aromatic N) is 2. The fourth-order valence-corrected chi connectivity index (χ4v) is 22.4. The molecule has 88 heavy (non-hydrogen) atoms. The number of anilines is 6. The molecule has 0 atom stereocenters. The van der Waals surface area contributed by atoms with E-state index >= 15 is 0 Å². The molecule has 17 rings (SSSR count). The van der Waals surface area contributed by atoms with Gasteiger partial charge in [-0.25, -0.2) is 0 Å². The van der Waals surface area contributed by atoms with Gasteiger partial charge in [-0.05, 0) is 207 Å². The molecule has 0 saturated heterocycles. The molecule has 3 nitrogen and oxygen atoms in total. The first-order valence-corrected chi connectivity index (χ1v) is 35.0. The van der Waals surface area contributed by atoms with E-state index in [1.54, 1.807) is 0 Å². The van der Waals surface area contributed by atoms with Crippen molar-refractivity contribution < 1.29 is 4.42 Å². The van der Waals surface area contributed by atoms with Gasteiger partial charge < -0.3 is 14.2 Å². The van der Waals surface area contributed by atoms with Gasteiger partial charge in [0.15, 0.2) is 8.07 Å². The maximum absolute atomic E-state index is 7.97. The molecule has 0 fully saturated rings. The first kappa shape index (κ1) is 55.7. The van der Waals surface area contributed by atoms with Gasteiger partial charge in [0.2, 0.25) is 0 Å².